The van der Waals surface area contributed by atoms with Crippen molar-refractivity contribution in [1.29, 1.82) is 5.26 Å². The molecule has 2 N–H and O–H groups in total. The molecule has 0 saturated carbocycles. The van der Waals surface area contributed by atoms with Gasteiger partial charge in [0.25, 0.3) is 6.43 Å². The van der Waals surface area contributed by atoms with Crippen LogP contribution in [0.15, 0.2) is 6.07 Å². The summed E-state index contributed by atoms with van der Waals surface area (Å²) in [5.74, 6) is -1.04. The molecule has 0 saturated heterocycles. The Bertz CT molecular complexity index is 495. The lowest BCUT2D eigenvalue weighted by molar-refractivity contribution is -0.276. The fourth-order valence-corrected chi connectivity index (χ4v) is 1.39. The molecular formula is C10H8F5N3O. The Labute approximate surface area is 104 Å². The topological polar surface area (TPSA) is 71.9 Å². The van der Waals surface area contributed by atoms with Gasteiger partial charge in [-0.15, -0.1) is 13.2 Å². The van der Waals surface area contributed by atoms with E-state index in [2.05, 4.69) is 9.72 Å². The minimum absolute atomic E-state index is 0.241. The van der Waals surface area contributed by atoms with Crippen LogP contribution in [0.25, 0.3) is 0 Å². The van der Waals surface area contributed by atoms with E-state index in [0.29, 0.717) is 0 Å². The van der Waals surface area contributed by atoms with Crippen LogP contribution in [0.3, 0.4) is 0 Å². The average molecular weight is 281 g/mol. The van der Waals surface area contributed by atoms with Gasteiger partial charge in [0.2, 0.25) is 5.88 Å². The van der Waals surface area contributed by atoms with Crippen LogP contribution in [0, 0.1) is 11.3 Å². The molecule has 1 heterocycles. The molecule has 0 aromatic carbocycles. The van der Waals surface area contributed by atoms with Crippen molar-refractivity contribution in [3.05, 3.63) is 22.9 Å². The molecule has 104 valence electrons. The fourth-order valence-electron chi connectivity index (χ4n) is 1.39. The first-order valence-electron chi connectivity index (χ1n) is 4.92. The van der Waals surface area contributed by atoms with E-state index in [4.69, 9.17) is 11.0 Å². The smallest absolute Gasteiger partial charge is 0.388 e. The second kappa shape index (κ2) is 5.79. The molecule has 9 heteroatoms. The van der Waals surface area contributed by atoms with E-state index in [1.54, 1.807) is 6.07 Å². The summed E-state index contributed by atoms with van der Waals surface area (Å²) in [5, 5.41) is 8.43. The molecule has 0 amide bonds. The van der Waals surface area contributed by atoms with Gasteiger partial charge in [0.1, 0.15) is 0 Å². The maximum atomic E-state index is 12.7. The van der Waals surface area contributed by atoms with E-state index in [1.807, 2.05) is 0 Å². The van der Waals surface area contributed by atoms with Crippen molar-refractivity contribution in [3.63, 3.8) is 0 Å². The summed E-state index contributed by atoms with van der Waals surface area (Å²) in [4.78, 5) is 3.38. The molecule has 1 rings (SSSR count). The van der Waals surface area contributed by atoms with Crippen LogP contribution >= 0.6 is 0 Å². The Morgan fingerprint density at radius 2 is 2.05 bits per heavy atom. The van der Waals surface area contributed by atoms with Gasteiger partial charge in [-0.3, -0.25) is 0 Å². The second-order valence-corrected chi connectivity index (χ2v) is 3.37. The number of hydrogen-bond donors (Lipinski definition) is 1. The largest absolute Gasteiger partial charge is 0.574 e. The van der Waals surface area contributed by atoms with E-state index in [1.165, 1.54) is 0 Å². The third-order valence-corrected chi connectivity index (χ3v) is 2.09. The molecule has 0 aliphatic rings. The number of hydrogen-bond acceptors (Lipinski definition) is 4. The highest BCUT2D eigenvalue weighted by molar-refractivity contribution is 5.38. The molecule has 19 heavy (non-hydrogen) atoms. The van der Waals surface area contributed by atoms with Crippen molar-refractivity contribution in [2.75, 3.05) is 0 Å². The maximum absolute atomic E-state index is 12.7. The van der Waals surface area contributed by atoms with Crippen molar-refractivity contribution in [2.24, 2.45) is 5.73 Å². The van der Waals surface area contributed by atoms with E-state index in [0.717, 1.165) is 6.07 Å². The number of ether oxygens (including phenoxy) is 1. The molecule has 0 unspecified atom stereocenters. The lowest BCUT2D eigenvalue weighted by atomic mass is 10.1. The van der Waals surface area contributed by atoms with Crippen molar-refractivity contribution in [3.8, 4) is 11.9 Å². The summed E-state index contributed by atoms with van der Waals surface area (Å²) in [6.07, 6.45) is -8.55. The maximum Gasteiger partial charge on any atom is 0.574 e. The SMILES string of the molecule is N#CCc1cc(C(F)F)c(CN)c(OC(F)(F)F)n1. The number of pyridine rings is 1. The van der Waals surface area contributed by atoms with Gasteiger partial charge in [0, 0.05) is 17.7 Å². The van der Waals surface area contributed by atoms with Gasteiger partial charge in [-0.05, 0) is 6.07 Å². The minimum Gasteiger partial charge on any atom is -0.388 e. The molecule has 1 aromatic heterocycles. The van der Waals surface area contributed by atoms with Crippen LogP contribution in [0.2, 0.25) is 0 Å². The van der Waals surface area contributed by atoms with Crippen LogP contribution in [-0.4, -0.2) is 11.3 Å². The number of rotatable bonds is 4. The minimum atomic E-state index is -5.08. The number of halogens is 5. The molecule has 0 fully saturated rings. The molecule has 1 aromatic rings. The summed E-state index contributed by atoms with van der Waals surface area (Å²) in [7, 11) is 0. The quantitative estimate of drug-likeness (QED) is 0.860. The average Bonchev–Trinajstić information content (AvgIpc) is 2.26. The van der Waals surface area contributed by atoms with Crippen LogP contribution in [0.5, 0.6) is 5.88 Å². The van der Waals surface area contributed by atoms with Crippen molar-refractivity contribution < 1.29 is 26.7 Å². The summed E-state index contributed by atoms with van der Waals surface area (Å²) < 4.78 is 65.5. The Hall–Kier alpha value is -1.95. The molecule has 0 spiro atoms. The van der Waals surface area contributed by atoms with Gasteiger partial charge >= 0.3 is 6.36 Å². The van der Waals surface area contributed by atoms with Gasteiger partial charge < -0.3 is 10.5 Å². The summed E-state index contributed by atoms with van der Waals surface area (Å²) >= 11 is 0. The predicted molar refractivity (Wildman–Crippen MR) is 53.1 cm³/mol. The Balaban J connectivity index is 3.36. The first-order valence-corrected chi connectivity index (χ1v) is 4.92. The van der Waals surface area contributed by atoms with E-state index in [9.17, 15) is 22.0 Å². The van der Waals surface area contributed by atoms with Gasteiger partial charge in [0.05, 0.1) is 18.2 Å². The molecule has 0 aliphatic heterocycles. The van der Waals surface area contributed by atoms with Crippen LogP contribution < -0.4 is 10.5 Å². The first-order chi connectivity index (χ1) is 8.78. The molecule has 0 bridgehead atoms. The van der Waals surface area contributed by atoms with Gasteiger partial charge in [0.15, 0.2) is 0 Å². The highest BCUT2D eigenvalue weighted by Gasteiger charge is 2.34. The normalized spacial score (nSPS) is 11.5. The summed E-state index contributed by atoms with van der Waals surface area (Å²) in [6, 6.07) is 2.45. The highest BCUT2D eigenvalue weighted by atomic mass is 19.4. The van der Waals surface area contributed by atoms with Crippen molar-refractivity contribution in [1.82, 2.24) is 4.98 Å². The van der Waals surface area contributed by atoms with E-state index >= 15 is 0 Å². The summed E-state index contributed by atoms with van der Waals surface area (Å²) in [6.45, 7) is -0.592. The number of alkyl halides is 5. The van der Waals surface area contributed by atoms with E-state index < -0.39 is 42.8 Å². The van der Waals surface area contributed by atoms with Crippen molar-refractivity contribution >= 4 is 0 Å². The van der Waals surface area contributed by atoms with Crippen LogP contribution in [-0.2, 0) is 13.0 Å². The molecule has 0 atom stereocenters. The lowest BCUT2D eigenvalue weighted by Crippen LogP contribution is -2.21. The second-order valence-electron chi connectivity index (χ2n) is 3.37. The third kappa shape index (κ3) is 4.03. The lowest BCUT2D eigenvalue weighted by Gasteiger charge is -2.15. The van der Waals surface area contributed by atoms with E-state index in [-0.39, 0.29) is 5.69 Å². The molecule has 0 radical (unpaired) electrons. The van der Waals surface area contributed by atoms with Crippen molar-refractivity contribution in [2.45, 2.75) is 25.8 Å². The highest BCUT2D eigenvalue weighted by Crippen LogP contribution is 2.32. The monoisotopic (exact) mass is 281 g/mol. The fraction of sp³-hybridized carbons (Fsp3) is 0.400. The van der Waals surface area contributed by atoms with Crippen LogP contribution in [0.1, 0.15) is 23.2 Å². The number of nitriles is 1. The molecular weight excluding hydrogens is 273 g/mol. The molecule has 4 nitrogen and oxygen atoms in total. The molecule has 0 aliphatic carbocycles. The zero-order valence-electron chi connectivity index (χ0n) is 9.34. The standard InChI is InChI=1S/C10H8F5N3O/c11-8(12)6-3-5(1-2-16)18-9(7(6)4-17)19-10(13,14)15/h3,8H,1,4,17H2. The van der Waals surface area contributed by atoms with Gasteiger partial charge in [-0.1, -0.05) is 0 Å². The zero-order valence-corrected chi connectivity index (χ0v) is 9.34. The Kier molecular flexibility index (Phi) is 4.61. The summed E-state index contributed by atoms with van der Waals surface area (Å²) in [5.41, 5.74) is 3.65. The Morgan fingerprint density at radius 1 is 1.42 bits per heavy atom. The third-order valence-electron chi connectivity index (χ3n) is 2.09. The zero-order chi connectivity index (χ0) is 14.6. The first kappa shape index (κ1) is 15.1. The van der Waals surface area contributed by atoms with Gasteiger partial charge in [-0.25, -0.2) is 13.8 Å². The predicted octanol–water partition coefficient (Wildman–Crippen LogP) is 2.44. The number of nitrogens with zero attached hydrogens (tertiary/aromatic N) is 2. The van der Waals surface area contributed by atoms with Gasteiger partial charge in [-0.2, -0.15) is 5.26 Å². The number of aromatic nitrogens is 1. The number of nitrogens with two attached hydrogens (primary N) is 1. The Morgan fingerprint density at radius 3 is 2.47 bits per heavy atom. The van der Waals surface area contributed by atoms with Crippen LogP contribution in [0.4, 0.5) is 22.0 Å².